The highest BCUT2D eigenvalue weighted by atomic mass is 16.6. The smallest absolute Gasteiger partial charge is 0.344 e. The van der Waals surface area contributed by atoms with Crippen LogP contribution in [0.15, 0.2) is 52.9 Å². The van der Waals surface area contributed by atoms with E-state index >= 15 is 0 Å². The molecule has 27 heavy (non-hydrogen) atoms. The molecule has 0 unspecified atom stereocenters. The molecule has 2 aromatic carbocycles. The molecule has 0 aliphatic heterocycles. The first-order chi connectivity index (χ1) is 13.0. The zero-order valence-corrected chi connectivity index (χ0v) is 15.3. The molecule has 0 N–H and O–H groups in total. The lowest BCUT2D eigenvalue weighted by Crippen LogP contribution is -2.17. The van der Waals surface area contributed by atoms with Gasteiger partial charge in [0, 0.05) is 5.56 Å². The number of ether oxygens (including phenoxy) is 3. The van der Waals surface area contributed by atoms with Crippen molar-refractivity contribution in [3.05, 3.63) is 60.0 Å². The van der Waals surface area contributed by atoms with Crippen molar-refractivity contribution < 1.29 is 23.4 Å². The van der Waals surface area contributed by atoms with Gasteiger partial charge in [0.2, 0.25) is 5.89 Å². The van der Waals surface area contributed by atoms with Gasteiger partial charge in [-0.2, -0.15) is 0 Å². The topological polar surface area (TPSA) is 83.7 Å². The third-order valence-electron chi connectivity index (χ3n) is 3.81. The van der Waals surface area contributed by atoms with Gasteiger partial charge in [0.1, 0.15) is 11.5 Å². The number of nitrogens with zero attached hydrogens (tertiary/aromatic N) is 2. The van der Waals surface area contributed by atoms with Crippen LogP contribution in [0.25, 0.3) is 11.5 Å². The Balaban J connectivity index is 1.54. The average Bonchev–Trinajstić information content (AvgIpc) is 3.18. The van der Waals surface area contributed by atoms with Gasteiger partial charge in [-0.1, -0.05) is 17.7 Å². The number of aromatic nitrogens is 2. The van der Waals surface area contributed by atoms with Crippen LogP contribution in [0.4, 0.5) is 0 Å². The summed E-state index contributed by atoms with van der Waals surface area (Å²) in [5, 5.41) is 7.96. The number of aryl methyl sites for hydroxylation is 1. The highest BCUT2D eigenvalue weighted by Crippen LogP contribution is 2.23. The van der Waals surface area contributed by atoms with Gasteiger partial charge in [-0.05, 0) is 50.2 Å². The van der Waals surface area contributed by atoms with Crippen LogP contribution >= 0.6 is 0 Å². The van der Waals surface area contributed by atoms with Gasteiger partial charge >= 0.3 is 5.97 Å². The van der Waals surface area contributed by atoms with E-state index in [-0.39, 0.29) is 12.5 Å². The Bertz CT molecular complexity index is 887. The molecule has 0 saturated carbocycles. The molecular formula is C20H20N2O5. The van der Waals surface area contributed by atoms with Crippen LogP contribution < -0.4 is 9.47 Å². The van der Waals surface area contributed by atoms with Gasteiger partial charge < -0.3 is 18.6 Å². The first-order valence-electron chi connectivity index (χ1n) is 8.42. The third kappa shape index (κ3) is 4.84. The number of rotatable bonds is 7. The Morgan fingerprint density at radius 1 is 1.04 bits per heavy atom. The van der Waals surface area contributed by atoms with Crippen molar-refractivity contribution in [3.8, 4) is 23.0 Å². The molecule has 0 saturated heterocycles. The first kappa shape index (κ1) is 18.4. The predicted octanol–water partition coefficient (Wildman–Crippen LogP) is 3.74. The summed E-state index contributed by atoms with van der Waals surface area (Å²) in [6.45, 7) is 3.44. The maximum absolute atomic E-state index is 12.0. The van der Waals surface area contributed by atoms with Crippen molar-refractivity contribution in [1.82, 2.24) is 10.2 Å². The lowest BCUT2D eigenvalue weighted by atomic mass is 10.1. The van der Waals surface area contributed by atoms with E-state index in [0.29, 0.717) is 17.4 Å². The van der Waals surface area contributed by atoms with E-state index in [0.717, 1.165) is 11.1 Å². The van der Waals surface area contributed by atoms with Gasteiger partial charge in [0.15, 0.2) is 12.7 Å². The van der Waals surface area contributed by atoms with Crippen molar-refractivity contribution in [1.29, 1.82) is 0 Å². The molecule has 3 aromatic rings. The summed E-state index contributed by atoms with van der Waals surface area (Å²) in [6, 6.07) is 14.6. The van der Waals surface area contributed by atoms with Gasteiger partial charge in [-0.15, -0.1) is 10.2 Å². The Morgan fingerprint density at radius 3 is 2.37 bits per heavy atom. The largest absolute Gasteiger partial charge is 0.497 e. The molecule has 0 radical (unpaired) electrons. The van der Waals surface area contributed by atoms with Crippen molar-refractivity contribution in [2.75, 3.05) is 13.7 Å². The molecule has 7 heteroatoms. The number of esters is 1. The van der Waals surface area contributed by atoms with Crippen molar-refractivity contribution >= 4 is 5.97 Å². The lowest BCUT2D eigenvalue weighted by molar-refractivity contribution is -0.152. The highest BCUT2D eigenvalue weighted by molar-refractivity contribution is 5.71. The van der Waals surface area contributed by atoms with E-state index in [1.807, 2.05) is 31.2 Å². The van der Waals surface area contributed by atoms with Crippen molar-refractivity contribution in [2.24, 2.45) is 0 Å². The Labute approximate surface area is 156 Å². The molecule has 0 aliphatic rings. The molecule has 140 valence electrons. The summed E-state index contributed by atoms with van der Waals surface area (Å²) in [5.74, 6) is 1.32. The van der Waals surface area contributed by atoms with Crippen molar-refractivity contribution in [2.45, 2.75) is 20.0 Å². The molecule has 7 nitrogen and oxygen atoms in total. The predicted molar refractivity (Wildman–Crippen MR) is 97.5 cm³/mol. The normalized spacial score (nSPS) is 11.7. The van der Waals surface area contributed by atoms with Crippen LogP contribution in [0, 0.1) is 6.92 Å². The van der Waals surface area contributed by atoms with Gasteiger partial charge in [0.05, 0.1) is 7.11 Å². The van der Waals surface area contributed by atoms with Crippen LogP contribution in [0.3, 0.4) is 0 Å². The van der Waals surface area contributed by atoms with E-state index in [1.165, 1.54) is 0 Å². The second kappa shape index (κ2) is 8.35. The maximum atomic E-state index is 12.0. The van der Waals surface area contributed by atoms with Crippen LogP contribution in [0.1, 0.15) is 24.5 Å². The van der Waals surface area contributed by atoms with Crippen LogP contribution in [-0.4, -0.2) is 29.9 Å². The molecule has 1 atom stereocenters. The molecule has 1 heterocycles. The standard InChI is InChI=1S/C20H20N2O5/c1-13-4-6-15(7-5-13)20-22-21-19(27-20)14(2)26-18(23)12-25-17-10-8-16(24-3)9-11-17/h4-11,14H,12H2,1-3H3/t14-/m1/s1. The molecule has 0 spiro atoms. The number of benzene rings is 2. The number of hydrogen-bond donors (Lipinski definition) is 0. The summed E-state index contributed by atoms with van der Waals surface area (Å²) >= 11 is 0. The zero-order valence-electron chi connectivity index (χ0n) is 15.3. The summed E-state index contributed by atoms with van der Waals surface area (Å²) in [7, 11) is 1.58. The molecular weight excluding hydrogens is 348 g/mol. The summed E-state index contributed by atoms with van der Waals surface area (Å²) in [5.41, 5.74) is 1.94. The monoisotopic (exact) mass is 368 g/mol. The lowest BCUT2D eigenvalue weighted by Gasteiger charge is -2.10. The third-order valence-corrected chi connectivity index (χ3v) is 3.81. The van der Waals surface area contributed by atoms with Gasteiger partial charge in [-0.3, -0.25) is 0 Å². The van der Waals surface area contributed by atoms with E-state index in [1.54, 1.807) is 38.3 Å². The van der Waals surface area contributed by atoms with E-state index in [2.05, 4.69) is 10.2 Å². The quantitative estimate of drug-likeness (QED) is 0.587. The minimum atomic E-state index is -0.677. The Hall–Kier alpha value is -3.35. The second-order valence-electron chi connectivity index (χ2n) is 5.91. The van der Waals surface area contributed by atoms with E-state index in [4.69, 9.17) is 18.6 Å². The Morgan fingerprint density at radius 2 is 1.70 bits per heavy atom. The number of hydrogen-bond acceptors (Lipinski definition) is 7. The van der Waals surface area contributed by atoms with Crippen LogP contribution in [-0.2, 0) is 9.53 Å². The fourth-order valence-electron chi connectivity index (χ4n) is 2.31. The fourth-order valence-corrected chi connectivity index (χ4v) is 2.31. The van der Waals surface area contributed by atoms with E-state index in [9.17, 15) is 4.79 Å². The average molecular weight is 368 g/mol. The first-order valence-corrected chi connectivity index (χ1v) is 8.42. The number of methoxy groups -OCH3 is 1. The zero-order chi connectivity index (χ0) is 19.2. The van der Waals surface area contributed by atoms with E-state index < -0.39 is 12.1 Å². The molecule has 0 fully saturated rings. The molecule has 0 amide bonds. The maximum Gasteiger partial charge on any atom is 0.344 e. The molecule has 0 bridgehead atoms. The van der Waals surface area contributed by atoms with Gasteiger partial charge in [0.25, 0.3) is 5.89 Å². The SMILES string of the molecule is COc1ccc(OCC(=O)O[C@H](C)c2nnc(-c3ccc(C)cc3)o2)cc1. The Kier molecular flexibility index (Phi) is 5.71. The number of carbonyl (C=O) groups excluding carboxylic acids is 1. The van der Waals surface area contributed by atoms with Crippen molar-refractivity contribution in [3.63, 3.8) is 0 Å². The minimum absolute atomic E-state index is 0.225. The fraction of sp³-hybridized carbons (Fsp3) is 0.250. The summed E-state index contributed by atoms with van der Waals surface area (Å²) in [4.78, 5) is 12.0. The molecule has 3 rings (SSSR count). The van der Waals surface area contributed by atoms with Gasteiger partial charge in [-0.25, -0.2) is 4.79 Å². The minimum Gasteiger partial charge on any atom is -0.497 e. The van der Waals surface area contributed by atoms with Crippen LogP contribution in [0.5, 0.6) is 11.5 Å². The number of carbonyl (C=O) groups is 1. The van der Waals surface area contributed by atoms with Crippen LogP contribution in [0.2, 0.25) is 0 Å². The highest BCUT2D eigenvalue weighted by Gasteiger charge is 2.19. The second-order valence-corrected chi connectivity index (χ2v) is 5.91. The molecule has 0 aliphatic carbocycles. The summed E-state index contributed by atoms with van der Waals surface area (Å²) in [6.07, 6.45) is -0.677. The molecule has 1 aromatic heterocycles. The summed E-state index contributed by atoms with van der Waals surface area (Å²) < 4.78 is 21.4.